The Morgan fingerprint density at radius 1 is 1.35 bits per heavy atom. The lowest BCUT2D eigenvalue weighted by Gasteiger charge is -2.12. The van der Waals surface area contributed by atoms with E-state index in [1.807, 2.05) is 13.8 Å². The molecular weight excluding hydrogens is 261 g/mol. The smallest absolute Gasteiger partial charge is 0.264 e. The van der Waals surface area contributed by atoms with E-state index in [-0.39, 0.29) is 24.4 Å². The summed E-state index contributed by atoms with van der Waals surface area (Å²) in [5, 5.41) is 3.85. The monoisotopic (exact) mass is 279 g/mol. The zero-order chi connectivity index (χ0) is 14.7. The van der Waals surface area contributed by atoms with Crippen LogP contribution < -0.4 is 10.5 Å². The van der Waals surface area contributed by atoms with Gasteiger partial charge < -0.3 is 15.0 Å². The zero-order valence-electron chi connectivity index (χ0n) is 11.8. The first-order valence-electron chi connectivity index (χ1n) is 6.47. The molecule has 1 atom stereocenters. The molecule has 2 rings (SSSR count). The van der Waals surface area contributed by atoms with Gasteiger partial charge >= 0.3 is 0 Å². The summed E-state index contributed by atoms with van der Waals surface area (Å²) in [6.07, 6.45) is 0. The fourth-order valence-electron chi connectivity index (χ4n) is 1.71. The number of benzene rings is 1. The van der Waals surface area contributed by atoms with Gasteiger partial charge in [-0.1, -0.05) is 19.0 Å². The average molecular weight is 279 g/mol. The van der Waals surface area contributed by atoms with Crippen LogP contribution in [0.3, 0.4) is 0 Å². The Morgan fingerprint density at radius 3 is 2.70 bits per heavy atom. The Morgan fingerprint density at radius 2 is 2.10 bits per heavy atom. The molecule has 1 aromatic carbocycles. The third-order valence-corrected chi connectivity index (χ3v) is 2.81. The first kappa shape index (κ1) is 14.5. The molecule has 0 amide bonds. The Hall–Kier alpha value is -1.95. The molecule has 1 heterocycles. The van der Waals surface area contributed by atoms with Gasteiger partial charge in [-0.3, -0.25) is 0 Å². The number of hydrogen-bond acceptors (Lipinski definition) is 5. The SMILES string of the molecule is CC(C)c1noc(COc2ccc(F)cc2[C@@H](C)N)n1. The highest BCUT2D eigenvalue weighted by Gasteiger charge is 2.13. The number of hydrogen-bond donors (Lipinski definition) is 1. The predicted molar refractivity (Wildman–Crippen MR) is 71.7 cm³/mol. The van der Waals surface area contributed by atoms with Gasteiger partial charge in [0.25, 0.3) is 5.89 Å². The molecule has 0 aliphatic heterocycles. The molecule has 20 heavy (non-hydrogen) atoms. The third kappa shape index (κ3) is 3.33. The second-order valence-electron chi connectivity index (χ2n) is 4.96. The van der Waals surface area contributed by atoms with E-state index < -0.39 is 0 Å². The molecule has 5 nitrogen and oxygen atoms in total. The molecule has 6 heteroatoms. The lowest BCUT2D eigenvalue weighted by molar-refractivity contribution is 0.239. The normalized spacial score (nSPS) is 12.7. The molecule has 0 fully saturated rings. The maximum Gasteiger partial charge on any atom is 0.264 e. The van der Waals surface area contributed by atoms with Crippen LogP contribution in [0.2, 0.25) is 0 Å². The van der Waals surface area contributed by atoms with Crippen molar-refractivity contribution in [1.29, 1.82) is 0 Å². The van der Waals surface area contributed by atoms with Gasteiger partial charge in [0.1, 0.15) is 11.6 Å². The summed E-state index contributed by atoms with van der Waals surface area (Å²) < 4.78 is 23.9. The van der Waals surface area contributed by atoms with E-state index in [0.29, 0.717) is 23.0 Å². The van der Waals surface area contributed by atoms with E-state index in [4.69, 9.17) is 15.0 Å². The Bertz CT molecular complexity index is 582. The minimum absolute atomic E-state index is 0.130. The molecule has 0 saturated heterocycles. The number of ether oxygens (including phenoxy) is 1. The molecule has 0 aliphatic carbocycles. The second-order valence-corrected chi connectivity index (χ2v) is 4.96. The number of halogens is 1. The molecule has 0 aliphatic rings. The number of aromatic nitrogens is 2. The third-order valence-electron chi connectivity index (χ3n) is 2.81. The first-order chi connectivity index (χ1) is 9.47. The van der Waals surface area contributed by atoms with Crippen LogP contribution in [0, 0.1) is 5.82 Å². The van der Waals surface area contributed by atoms with Gasteiger partial charge in [0.05, 0.1) is 0 Å². The Balaban J connectivity index is 2.10. The molecule has 0 radical (unpaired) electrons. The summed E-state index contributed by atoms with van der Waals surface area (Å²) in [5.41, 5.74) is 6.40. The van der Waals surface area contributed by atoms with Crippen molar-refractivity contribution >= 4 is 0 Å². The van der Waals surface area contributed by atoms with Crippen LogP contribution in [0.15, 0.2) is 22.7 Å². The molecule has 0 unspecified atom stereocenters. The molecule has 2 aromatic rings. The molecule has 0 saturated carbocycles. The van der Waals surface area contributed by atoms with Gasteiger partial charge in [0.2, 0.25) is 0 Å². The van der Waals surface area contributed by atoms with Crippen molar-refractivity contribution in [3.05, 3.63) is 41.3 Å². The summed E-state index contributed by atoms with van der Waals surface area (Å²) >= 11 is 0. The van der Waals surface area contributed by atoms with Crippen molar-refractivity contribution in [2.24, 2.45) is 5.73 Å². The maximum atomic E-state index is 13.2. The number of nitrogens with two attached hydrogens (primary N) is 1. The van der Waals surface area contributed by atoms with Crippen LogP contribution in [0.25, 0.3) is 0 Å². The molecular formula is C14H18FN3O2. The van der Waals surface area contributed by atoms with Crippen LogP contribution in [-0.2, 0) is 6.61 Å². The fraction of sp³-hybridized carbons (Fsp3) is 0.429. The standard InChI is InChI=1S/C14H18FN3O2/c1-8(2)14-17-13(20-18-14)7-19-12-5-4-10(15)6-11(12)9(3)16/h4-6,8-9H,7,16H2,1-3H3/t9-/m1/s1. The summed E-state index contributed by atoms with van der Waals surface area (Å²) in [4.78, 5) is 4.21. The minimum atomic E-state index is -0.343. The summed E-state index contributed by atoms with van der Waals surface area (Å²) in [6, 6.07) is 3.92. The van der Waals surface area contributed by atoms with Crippen LogP contribution in [-0.4, -0.2) is 10.1 Å². The van der Waals surface area contributed by atoms with Gasteiger partial charge in [-0.05, 0) is 25.1 Å². The highest BCUT2D eigenvalue weighted by Crippen LogP contribution is 2.25. The fourth-order valence-corrected chi connectivity index (χ4v) is 1.71. The highest BCUT2D eigenvalue weighted by molar-refractivity contribution is 5.36. The van der Waals surface area contributed by atoms with E-state index >= 15 is 0 Å². The molecule has 0 spiro atoms. The van der Waals surface area contributed by atoms with Crippen molar-refractivity contribution in [2.45, 2.75) is 39.3 Å². The van der Waals surface area contributed by atoms with E-state index in [2.05, 4.69) is 10.1 Å². The van der Waals surface area contributed by atoms with Crippen molar-refractivity contribution in [3.8, 4) is 5.75 Å². The lowest BCUT2D eigenvalue weighted by atomic mass is 10.1. The quantitative estimate of drug-likeness (QED) is 0.910. The summed E-state index contributed by atoms with van der Waals surface area (Å²) in [5.74, 6) is 1.39. The van der Waals surface area contributed by atoms with Gasteiger partial charge in [-0.15, -0.1) is 0 Å². The van der Waals surface area contributed by atoms with E-state index in [1.54, 1.807) is 13.0 Å². The molecule has 1 aromatic heterocycles. The predicted octanol–water partition coefficient (Wildman–Crippen LogP) is 2.93. The van der Waals surface area contributed by atoms with E-state index in [0.717, 1.165) is 0 Å². The van der Waals surface area contributed by atoms with E-state index in [1.165, 1.54) is 12.1 Å². The second kappa shape index (κ2) is 6.00. The maximum absolute atomic E-state index is 13.2. The topological polar surface area (TPSA) is 74.2 Å². The largest absolute Gasteiger partial charge is 0.483 e. The van der Waals surface area contributed by atoms with Crippen molar-refractivity contribution in [1.82, 2.24) is 10.1 Å². The van der Waals surface area contributed by atoms with Gasteiger partial charge in [0, 0.05) is 17.5 Å². The minimum Gasteiger partial charge on any atom is -0.483 e. The van der Waals surface area contributed by atoms with Crippen molar-refractivity contribution in [2.75, 3.05) is 0 Å². The lowest BCUT2D eigenvalue weighted by Crippen LogP contribution is -2.08. The highest BCUT2D eigenvalue weighted by atomic mass is 19.1. The molecule has 108 valence electrons. The number of rotatable bonds is 5. The zero-order valence-corrected chi connectivity index (χ0v) is 11.8. The summed E-state index contributed by atoms with van der Waals surface area (Å²) in [6.45, 7) is 5.85. The molecule has 2 N–H and O–H groups in total. The number of nitrogens with zero attached hydrogens (tertiary/aromatic N) is 2. The van der Waals surface area contributed by atoms with Gasteiger partial charge in [0.15, 0.2) is 12.4 Å². The van der Waals surface area contributed by atoms with Crippen LogP contribution >= 0.6 is 0 Å². The van der Waals surface area contributed by atoms with Gasteiger partial charge in [-0.25, -0.2) is 4.39 Å². The van der Waals surface area contributed by atoms with Gasteiger partial charge in [-0.2, -0.15) is 4.98 Å². The van der Waals surface area contributed by atoms with Crippen molar-refractivity contribution in [3.63, 3.8) is 0 Å². The molecule has 0 bridgehead atoms. The summed E-state index contributed by atoms with van der Waals surface area (Å²) in [7, 11) is 0. The first-order valence-corrected chi connectivity index (χ1v) is 6.47. The Labute approximate surface area is 116 Å². The van der Waals surface area contributed by atoms with Crippen LogP contribution in [0.1, 0.15) is 50.0 Å². The van der Waals surface area contributed by atoms with Crippen LogP contribution in [0.5, 0.6) is 5.75 Å². The van der Waals surface area contributed by atoms with Crippen molar-refractivity contribution < 1.29 is 13.7 Å². The average Bonchev–Trinajstić information content (AvgIpc) is 2.86. The Kier molecular flexibility index (Phi) is 4.34. The van der Waals surface area contributed by atoms with Crippen LogP contribution in [0.4, 0.5) is 4.39 Å². The van der Waals surface area contributed by atoms with E-state index in [9.17, 15) is 4.39 Å².